The summed E-state index contributed by atoms with van der Waals surface area (Å²) in [5.41, 5.74) is 1.00. The first-order valence-corrected chi connectivity index (χ1v) is 14.4. The molecule has 222 valence electrons. The number of amides is 1. The summed E-state index contributed by atoms with van der Waals surface area (Å²) in [5.74, 6) is 0.934. The Hall–Kier alpha value is -4.47. The Morgan fingerprint density at radius 2 is 1.86 bits per heavy atom. The standard InChI is InChI=1S/C32H37N3O7/c1-4-39-26-18-22(6-8-24(26)40-15-10-21(2)3)29-28(30(36)23-7-9-25-27(19-23)42-17-16-41-25)31(37)32(38)35(29)13-5-12-34-14-11-33-20-34/h6-9,11,14,18-21,29,36H,4-5,10,12-13,15-17H2,1-3H3/b30-28+. The maximum Gasteiger partial charge on any atom is 0.295 e. The van der Waals surface area contributed by atoms with E-state index in [9.17, 15) is 14.7 Å². The molecule has 0 spiro atoms. The van der Waals surface area contributed by atoms with Gasteiger partial charge in [0.05, 0.1) is 31.2 Å². The number of carbonyl (C=O) groups excluding carboxylic acids is 2. The maximum atomic E-state index is 13.5. The van der Waals surface area contributed by atoms with Gasteiger partial charge in [-0.2, -0.15) is 0 Å². The number of carbonyl (C=O) groups is 2. The Morgan fingerprint density at radius 1 is 1.05 bits per heavy atom. The number of benzene rings is 2. The SMILES string of the molecule is CCOc1cc(C2/C(=C(\O)c3ccc4c(c3)OCCO4)C(=O)C(=O)N2CCCn2ccnc2)ccc1OCCC(C)C. The van der Waals surface area contributed by atoms with Crippen molar-refractivity contribution in [2.24, 2.45) is 5.92 Å². The fourth-order valence-electron chi connectivity index (χ4n) is 5.13. The maximum absolute atomic E-state index is 13.5. The summed E-state index contributed by atoms with van der Waals surface area (Å²) in [6, 6.07) is 9.57. The predicted octanol–water partition coefficient (Wildman–Crippen LogP) is 4.99. The quantitative estimate of drug-likeness (QED) is 0.183. The molecule has 1 amide bonds. The Kier molecular flexibility index (Phi) is 9.00. The van der Waals surface area contributed by atoms with Crippen molar-refractivity contribution in [1.29, 1.82) is 0 Å². The molecule has 0 aliphatic carbocycles. The van der Waals surface area contributed by atoms with Crippen molar-refractivity contribution in [3.8, 4) is 23.0 Å². The molecule has 1 N–H and O–H groups in total. The third-order valence-electron chi connectivity index (χ3n) is 7.27. The Morgan fingerprint density at radius 3 is 2.60 bits per heavy atom. The molecule has 2 aromatic carbocycles. The van der Waals surface area contributed by atoms with Crippen LogP contribution in [0.4, 0.5) is 0 Å². The number of aromatic nitrogens is 2. The smallest absolute Gasteiger partial charge is 0.295 e. The number of aliphatic hydroxyl groups is 1. The molecule has 0 radical (unpaired) electrons. The van der Waals surface area contributed by atoms with Crippen molar-refractivity contribution in [3.63, 3.8) is 0 Å². The van der Waals surface area contributed by atoms with Crippen LogP contribution in [-0.4, -0.2) is 64.2 Å². The molecule has 1 unspecified atom stereocenters. The van der Waals surface area contributed by atoms with Gasteiger partial charge in [0.25, 0.3) is 11.7 Å². The number of Topliss-reactive ketones (excluding diaryl/α,β-unsaturated/α-hetero) is 1. The van der Waals surface area contributed by atoms with Gasteiger partial charge in [-0.15, -0.1) is 0 Å². The van der Waals surface area contributed by atoms with Crippen LogP contribution in [0, 0.1) is 5.92 Å². The molecular formula is C32H37N3O7. The first-order valence-electron chi connectivity index (χ1n) is 14.4. The average Bonchev–Trinajstić information content (AvgIpc) is 3.59. The molecule has 2 aliphatic rings. The highest BCUT2D eigenvalue weighted by molar-refractivity contribution is 6.46. The van der Waals surface area contributed by atoms with Crippen LogP contribution in [0.2, 0.25) is 0 Å². The fourth-order valence-corrected chi connectivity index (χ4v) is 5.13. The third kappa shape index (κ3) is 6.22. The van der Waals surface area contributed by atoms with Crippen molar-refractivity contribution >= 4 is 17.4 Å². The van der Waals surface area contributed by atoms with Gasteiger partial charge >= 0.3 is 0 Å². The zero-order chi connectivity index (χ0) is 29.6. The van der Waals surface area contributed by atoms with E-state index < -0.39 is 17.7 Å². The van der Waals surface area contributed by atoms with E-state index in [1.165, 1.54) is 4.90 Å². The molecule has 3 aromatic rings. The second-order valence-corrected chi connectivity index (χ2v) is 10.7. The lowest BCUT2D eigenvalue weighted by Gasteiger charge is -2.26. The van der Waals surface area contributed by atoms with Crippen LogP contribution in [0.5, 0.6) is 23.0 Å². The normalized spacial score (nSPS) is 17.6. The van der Waals surface area contributed by atoms with E-state index in [1.807, 2.05) is 23.8 Å². The minimum Gasteiger partial charge on any atom is -0.507 e. The number of aryl methyl sites for hydroxylation is 1. The van der Waals surface area contributed by atoms with Gasteiger partial charge in [0.2, 0.25) is 0 Å². The molecule has 2 aliphatic heterocycles. The van der Waals surface area contributed by atoms with Gasteiger partial charge in [-0.25, -0.2) is 4.98 Å². The molecule has 10 heteroatoms. The number of likely N-dealkylation sites (tertiary alicyclic amines) is 1. The van der Waals surface area contributed by atoms with Crippen LogP contribution in [0.15, 0.2) is 60.7 Å². The van der Waals surface area contributed by atoms with Crippen LogP contribution < -0.4 is 18.9 Å². The van der Waals surface area contributed by atoms with Crippen molar-refractivity contribution in [2.45, 2.75) is 46.2 Å². The molecule has 1 fully saturated rings. The zero-order valence-electron chi connectivity index (χ0n) is 24.2. The second-order valence-electron chi connectivity index (χ2n) is 10.7. The molecule has 5 rings (SSSR count). The monoisotopic (exact) mass is 575 g/mol. The number of imidazole rings is 1. The summed E-state index contributed by atoms with van der Waals surface area (Å²) in [6.45, 7) is 8.81. The van der Waals surface area contributed by atoms with Gasteiger partial charge in [-0.1, -0.05) is 19.9 Å². The Labute approximate surface area is 245 Å². The third-order valence-corrected chi connectivity index (χ3v) is 7.27. The predicted molar refractivity (Wildman–Crippen MR) is 156 cm³/mol. The molecule has 3 heterocycles. The minimum absolute atomic E-state index is 0.00948. The minimum atomic E-state index is -0.829. The highest BCUT2D eigenvalue weighted by Crippen LogP contribution is 2.43. The molecular weight excluding hydrogens is 538 g/mol. The largest absolute Gasteiger partial charge is 0.507 e. The molecule has 0 saturated carbocycles. The molecule has 0 bridgehead atoms. The topological polar surface area (TPSA) is 112 Å². The zero-order valence-corrected chi connectivity index (χ0v) is 24.2. The number of nitrogens with zero attached hydrogens (tertiary/aromatic N) is 3. The second kappa shape index (κ2) is 13.0. The number of ether oxygens (including phenoxy) is 4. The summed E-state index contributed by atoms with van der Waals surface area (Å²) in [7, 11) is 0. The van der Waals surface area contributed by atoms with E-state index in [2.05, 4.69) is 18.8 Å². The lowest BCUT2D eigenvalue weighted by Crippen LogP contribution is -2.31. The molecule has 10 nitrogen and oxygen atoms in total. The summed E-state index contributed by atoms with van der Waals surface area (Å²) in [4.78, 5) is 32.6. The van der Waals surface area contributed by atoms with Gasteiger partial charge in [0.1, 0.15) is 19.0 Å². The average molecular weight is 576 g/mol. The van der Waals surface area contributed by atoms with E-state index in [4.69, 9.17) is 18.9 Å². The van der Waals surface area contributed by atoms with Crippen molar-refractivity contribution in [2.75, 3.05) is 33.0 Å². The first-order chi connectivity index (χ1) is 20.4. The van der Waals surface area contributed by atoms with Gasteiger partial charge in [-0.3, -0.25) is 9.59 Å². The van der Waals surface area contributed by atoms with Crippen molar-refractivity contribution < 1.29 is 33.6 Å². The summed E-state index contributed by atoms with van der Waals surface area (Å²) in [5, 5.41) is 11.5. The van der Waals surface area contributed by atoms with Gasteiger partial charge in [0, 0.05) is 31.0 Å². The fraction of sp³-hybridized carbons (Fsp3) is 0.406. The highest BCUT2D eigenvalue weighted by Gasteiger charge is 2.46. The molecule has 42 heavy (non-hydrogen) atoms. The van der Waals surface area contributed by atoms with Crippen molar-refractivity contribution in [1.82, 2.24) is 14.5 Å². The lowest BCUT2D eigenvalue weighted by molar-refractivity contribution is -0.139. The Balaban J connectivity index is 1.53. The van der Waals surface area contributed by atoms with E-state index in [0.29, 0.717) is 86.0 Å². The summed E-state index contributed by atoms with van der Waals surface area (Å²) < 4.78 is 25.2. The van der Waals surface area contributed by atoms with Crippen LogP contribution in [0.3, 0.4) is 0 Å². The van der Waals surface area contributed by atoms with Crippen LogP contribution in [0.1, 0.15) is 50.8 Å². The Bertz CT molecular complexity index is 1450. The van der Waals surface area contributed by atoms with Crippen LogP contribution in [-0.2, 0) is 16.1 Å². The van der Waals surface area contributed by atoms with Gasteiger partial charge < -0.3 is 33.5 Å². The lowest BCUT2D eigenvalue weighted by atomic mass is 9.94. The van der Waals surface area contributed by atoms with E-state index in [0.717, 1.165) is 6.42 Å². The molecule has 1 saturated heterocycles. The summed E-state index contributed by atoms with van der Waals surface area (Å²) in [6.07, 6.45) is 6.72. The number of fused-ring (bicyclic) bond motifs is 1. The number of hydrogen-bond donors (Lipinski definition) is 1. The van der Waals surface area contributed by atoms with E-state index in [-0.39, 0.29) is 11.3 Å². The summed E-state index contributed by atoms with van der Waals surface area (Å²) >= 11 is 0. The number of aliphatic hydroxyl groups excluding tert-OH is 1. The number of ketones is 1. The highest BCUT2D eigenvalue weighted by atomic mass is 16.6. The molecule has 1 atom stereocenters. The van der Waals surface area contributed by atoms with E-state index in [1.54, 1.807) is 42.9 Å². The van der Waals surface area contributed by atoms with Crippen LogP contribution in [0.25, 0.3) is 5.76 Å². The first kappa shape index (κ1) is 29.0. The van der Waals surface area contributed by atoms with E-state index >= 15 is 0 Å². The van der Waals surface area contributed by atoms with Crippen LogP contribution >= 0.6 is 0 Å². The van der Waals surface area contributed by atoms with Crippen molar-refractivity contribution in [3.05, 3.63) is 71.8 Å². The molecule has 1 aromatic heterocycles. The van der Waals surface area contributed by atoms with Gasteiger partial charge in [-0.05, 0) is 61.6 Å². The number of rotatable bonds is 12. The van der Waals surface area contributed by atoms with Gasteiger partial charge in [0.15, 0.2) is 23.0 Å². The number of hydrogen-bond acceptors (Lipinski definition) is 8.